The van der Waals surface area contributed by atoms with Gasteiger partial charge in [0, 0.05) is 12.2 Å². The Kier molecular flexibility index (Phi) is 5.04. The maximum Gasteiger partial charge on any atom is 0.306 e. The number of ether oxygens (including phenoxy) is 2. The molecule has 7 nitrogen and oxygen atoms in total. The van der Waals surface area contributed by atoms with Crippen LogP contribution in [0.2, 0.25) is 0 Å². The van der Waals surface area contributed by atoms with Crippen LogP contribution >= 0.6 is 0 Å². The number of hydrogen-bond acceptors (Lipinski definition) is 6. The minimum Gasteiger partial charge on any atom is -0.469 e. The van der Waals surface area contributed by atoms with E-state index in [2.05, 4.69) is 4.74 Å². The van der Waals surface area contributed by atoms with E-state index in [1.165, 1.54) is 7.11 Å². The highest BCUT2D eigenvalue weighted by molar-refractivity contribution is 6.12. The van der Waals surface area contributed by atoms with Gasteiger partial charge in [-0.3, -0.25) is 24.1 Å². The number of esters is 2. The van der Waals surface area contributed by atoms with E-state index in [1.54, 1.807) is 0 Å². The van der Waals surface area contributed by atoms with Crippen molar-refractivity contribution in [3.05, 3.63) is 12.2 Å². The van der Waals surface area contributed by atoms with Gasteiger partial charge in [-0.2, -0.15) is 0 Å². The predicted octanol–water partition coefficient (Wildman–Crippen LogP) is -0.592. The van der Waals surface area contributed by atoms with Gasteiger partial charge in [0.1, 0.15) is 6.61 Å². The lowest BCUT2D eigenvalue weighted by Gasteiger charge is -2.13. The fourth-order valence-electron chi connectivity index (χ4n) is 1.28. The third-order valence-electron chi connectivity index (χ3n) is 2.24. The van der Waals surface area contributed by atoms with Gasteiger partial charge in [-0.1, -0.05) is 0 Å². The highest BCUT2D eigenvalue weighted by Gasteiger charge is 2.23. The molecule has 18 heavy (non-hydrogen) atoms. The number of methoxy groups -OCH3 is 1. The first-order chi connectivity index (χ1) is 8.54. The summed E-state index contributed by atoms with van der Waals surface area (Å²) in [5, 5.41) is 0. The van der Waals surface area contributed by atoms with Gasteiger partial charge < -0.3 is 9.47 Å². The van der Waals surface area contributed by atoms with E-state index in [1.807, 2.05) is 0 Å². The van der Waals surface area contributed by atoms with Crippen LogP contribution in [-0.4, -0.2) is 48.9 Å². The van der Waals surface area contributed by atoms with Crippen LogP contribution in [0.25, 0.3) is 0 Å². The summed E-state index contributed by atoms with van der Waals surface area (Å²) in [7, 11) is 1.23. The standard InChI is InChI=1S/C11H13NO6/c1-17-10(15)4-5-11(16)18-7-6-12-8(13)2-3-9(12)14/h2-3H,4-7H2,1H3. The van der Waals surface area contributed by atoms with E-state index in [0.29, 0.717) is 0 Å². The Morgan fingerprint density at radius 2 is 1.67 bits per heavy atom. The van der Waals surface area contributed by atoms with Crippen molar-refractivity contribution in [2.75, 3.05) is 20.3 Å². The Bertz CT molecular complexity index is 382. The summed E-state index contributed by atoms with van der Waals surface area (Å²) in [4.78, 5) is 45.1. The summed E-state index contributed by atoms with van der Waals surface area (Å²) in [6, 6.07) is 0. The quantitative estimate of drug-likeness (QED) is 0.465. The minimum atomic E-state index is -0.576. The van der Waals surface area contributed by atoms with Crippen LogP contribution < -0.4 is 0 Å². The van der Waals surface area contributed by atoms with E-state index in [0.717, 1.165) is 17.1 Å². The average molecular weight is 255 g/mol. The molecule has 7 heteroatoms. The Morgan fingerprint density at radius 1 is 1.11 bits per heavy atom. The summed E-state index contributed by atoms with van der Waals surface area (Å²) in [6.45, 7) is -0.0756. The van der Waals surface area contributed by atoms with E-state index in [4.69, 9.17) is 4.74 Å². The number of rotatable bonds is 6. The molecule has 0 saturated heterocycles. The maximum atomic E-state index is 11.2. The molecule has 0 aromatic rings. The lowest BCUT2D eigenvalue weighted by Crippen LogP contribution is -2.33. The lowest BCUT2D eigenvalue weighted by atomic mass is 10.3. The molecule has 0 bridgehead atoms. The largest absolute Gasteiger partial charge is 0.469 e. The van der Waals surface area contributed by atoms with Gasteiger partial charge in [0.2, 0.25) is 0 Å². The zero-order valence-corrected chi connectivity index (χ0v) is 9.88. The number of nitrogens with zero attached hydrogens (tertiary/aromatic N) is 1. The first-order valence-corrected chi connectivity index (χ1v) is 5.30. The van der Waals surface area contributed by atoms with Gasteiger partial charge in [0.15, 0.2) is 0 Å². The van der Waals surface area contributed by atoms with Crippen LogP contribution in [0.4, 0.5) is 0 Å². The number of hydrogen-bond donors (Lipinski definition) is 0. The monoisotopic (exact) mass is 255 g/mol. The number of carbonyl (C=O) groups is 4. The highest BCUT2D eigenvalue weighted by Crippen LogP contribution is 2.03. The molecule has 98 valence electrons. The smallest absolute Gasteiger partial charge is 0.306 e. The molecule has 1 aliphatic heterocycles. The fourth-order valence-corrected chi connectivity index (χ4v) is 1.28. The molecule has 1 aliphatic rings. The Hall–Kier alpha value is -2.18. The third kappa shape index (κ3) is 4.00. The van der Waals surface area contributed by atoms with E-state index in [9.17, 15) is 19.2 Å². The second kappa shape index (κ2) is 6.53. The van der Waals surface area contributed by atoms with Crippen molar-refractivity contribution < 1.29 is 28.7 Å². The van der Waals surface area contributed by atoms with Crippen LogP contribution in [0.15, 0.2) is 12.2 Å². The molecule has 0 N–H and O–H groups in total. The van der Waals surface area contributed by atoms with Crippen LogP contribution in [-0.2, 0) is 28.7 Å². The lowest BCUT2D eigenvalue weighted by molar-refractivity contribution is -0.150. The van der Waals surface area contributed by atoms with Crippen molar-refractivity contribution in [2.24, 2.45) is 0 Å². The van der Waals surface area contributed by atoms with Crippen LogP contribution in [0, 0.1) is 0 Å². The molecule has 0 radical (unpaired) electrons. The molecule has 0 aromatic heterocycles. The second-order valence-electron chi connectivity index (χ2n) is 3.46. The molecule has 0 fully saturated rings. The van der Waals surface area contributed by atoms with E-state index >= 15 is 0 Å². The van der Waals surface area contributed by atoms with Crippen molar-refractivity contribution in [2.45, 2.75) is 12.8 Å². The number of carbonyl (C=O) groups excluding carboxylic acids is 4. The normalized spacial score (nSPS) is 13.9. The Balaban J connectivity index is 2.18. The van der Waals surface area contributed by atoms with Crippen molar-refractivity contribution in [1.82, 2.24) is 4.90 Å². The van der Waals surface area contributed by atoms with E-state index < -0.39 is 23.8 Å². The first kappa shape index (κ1) is 13.9. The molecule has 0 spiro atoms. The summed E-state index contributed by atoms with van der Waals surface area (Å²) in [6.07, 6.45) is 2.16. The van der Waals surface area contributed by atoms with Crippen molar-refractivity contribution in [1.29, 1.82) is 0 Å². The fraction of sp³-hybridized carbons (Fsp3) is 0.455. The SMILES string of the molecule is COC(=O)CCC(=O)OCCN1C(=O)C=CC1=O. The number of imide groups is 1. The molecular weight excluding hydrogens is 242 g/mol. The zero-order chi connectivity index (χ0) is 13.5. The number of amides is 2. The highest BCUT2D eigenvalue weighted by atomic mass is 16.5. The summed E-state index contributed by atoms with van der Waals surface area (Å²) in [5.74, 6) is -1.93. The molecule has 1 heterocycles. The first-order valence-electron chi connectivity index (χ1n) is 5.30. The van der Waals surface area contributed by atoms with Gasteiger partial charge >= 0.3 is 11.9 Å². The Morgan fingerprint density at radius 3 is 2.22 bits per heavy atom. The zero-order valence-electron chi connectivity index (χ0n) is 9.88. The summed E-state index contributed by atoms with van der Waals surface area (Å²) < 4.78 is 9.14. The third-order valence-corrected chi connectivity index (χ3v) is 2.24. The molecule has 2 amide bonds. The minimum absolute atomic E-state index is 0.00856. The van der Waals surface area contributed by atoms with Gasteiger partial charge in [0.05, 0.1) is 26.5 Å². The predicted molar refractivity (Wildman–Crippen MR) is 58.1 cm³/mol. The summed E-state index contributed by atoms with van der Waals surface area (Å²) in [5.41, 5.74) is 0. The van der Waals surface area contributed by atoms with Gasteiger partial charge in [-0.15, -0.1) is 0 Å². The van der Waals surface area contributed by atoms with E-state index in [-0.39, 0.29) is 26.0 Å². The molecule has 0 saturated carbocycles. The molecule has 0 aromatic carbocycles. The van der Waals surface area contributed by atoms with Gasteiger partial charge in [-0.05, 0) is 0 Å². The maximum absolute atomic E-state index is 11.2. The van der Waals surface area contributed by atoms with Crippen molar-refractivity contribution in [3.8, 4) is 0 Å². The van der Waals surface area contributed by atoms with Crippen LogP contribution in [0.5, 0.6) is 0 Å². The van der Waals surface area contributed by atoms with Gasteiger partial charge in [0.25, 0.3) is 11.8 Å². The second-order valence-corrected chi connectivity index (χ2v) is 3.46. The Labute approximate surface area is 103 Å². The van der Waals surface area contributed by atoms with Crippen LogP contribution in [0.3, 0.4) is 0 Å². The van der Waals surface area contributed by atoms with Crippen molar-refractivity contribution in [3.63, 3.8) is 0 Å². The molecule has 0 atom stereocenters. The summed E-state index contributed by atoms with van der Waals surface area (Å²) >= 11 is 0. The molecule has 0 aliphatic carbocycles. The molecule has 1 rings (SSSR count). The van der Waals surface area contributed by atoms with Gasteiger partial charge in [-0.25, -0.2) is 0 Å². The van der Waals surface area contributed by atoms with Crippen molar-refractivity contribution >= 4 is 23.8 Å². The topological polar surface area (TPSA) is 90.0 Å². The molecule has 0 unspecified atom stereocenters. The molecular formula is C11H13NO6. The average Bonchev–Trinajstić information content (AvgIpc) is 2.67. The van der Waals surface area contributed by atoms with Crippen LogP contribution in [0.1, 0.15) is 12.8 Å².